The lowest BCUT2D eigenvalue weighted by atomic mass is 9.57. The van der Waals surface area contributed by atoms with E-state index >= 15 is 0 Å². The zero-order valence-electron chi connectivity index (χ0n) is 30.5. The van der Waals surface area contributed by atoms with Gasteiger partial charge in [0.2, 0.25) is 5.91 Å². The van der Waals surface area contributed by atoms with Crippen LogP contribution in [-0.2, 0) is 23.7 Å². The molecule has 4 N–H and O–H groups in total. The molecule has 5 rings (SSSR count). The van der Waals surface area contributed by atoms with Crippen LogP contribution in [0.3, 0.4) is 0 Å². The Bertz CT molecular complexity index is 1180. The van der Waals surface area contributed by atoms with Crippen LogP contribution in [0.15, 0.2) is 11.6 Å². The van der Waals surface area contributed by atoms with Crippen molar-refractivity contribution in [2.24, 2.45) is 5.41 Å². The summed E-state index contributed by atoms with van der Waals surface area (Å²) in [7, 11) is 1.71. The summed E-state index contributed by atoms with van der Waals surface area (Å²) in [6.07, 6.45) is 14.7. The van der Waals surface area contributed by atoms with Gasteiger partial charge in [0.05, 0.1) is 30.2 Å². The van der Waals surface area contributed by atoms with E-state index in [1.54, 1.807) is 7.11 Å². The van der Waals surface area contributed by atoms with Gasteiger partial charge >= 0.3 is 12.1 Å². The number of ether oxygens (including phenoxy) is 4. The van der Waals surface area contributed by atoms with Gasteiger partial charge in [0.1, 0.15) is 23.4 Å². The first-order valence-electron chi connectivity index (χ1n) is 18.9. The highest BCUT2D eigenvalue weighted by atomic mass is 32.2. The van der Waals surface area contributed by atoms with Crippen molar-refractivity contribution < 1.29 is 33.3 Å². The Balaban J connectivity index is 0.00000562. The summed E-state index contributed by atoms with van der Waals surface area (Å²) in [6.45, 7) is 10.6. The first-order valence-corrected chi connectivity index (χ1v) is 20.0. The first kappa shape index (κ1) is 40.7. The number of hydrogen-bond donors (Lipinski definition) is 4. The fourth-order valence-corrected chi connectivity index (χ4v) is 10.2. The fraction of sp³-hybridized carbons (Fsp3) is 0.868. The summed E-state index contributed by atoms with van der Waals surface area (Å²) < 4.78 is 24.5. The number of epoxide rings is 2. The number of fused-ring (bicyclic) bond motifs is 1. The number of nitrogens with one attached hydrogen (secondary N) is 4. The maximum Gasteiger partial charge on any atom is 0.407 e. The number of alkyl carbamates (subject to hydrolysis) is 1. The summed E-state index contributed by atoms with van der Waals surface area (Å²) in [6, 6.07) is 0.458. The lowest BCUT2D eigenvalue weighted by molar-refractivity contribution is -0.168. The summed E-state index contributed by atoms with van der Waals surface area (Å²) in [5.41, 5.74) is 0.150. The Morgan fingerprint density at radius 3 is 2.34 bits per heavy atom. The smallest absolute Gasteiger partial charge is 0.407 e. The maximum atomic E-state index is 12.8. The van der Waals surface area contributed by atoms with Crippen molar-refractivity contribution >= 4 is 29.8 Å². The topological polar surface area (TPSA) is 143 Å². The van der Waals surface area contributed by atoms with E-state index in [1.807, 2.05) is 11.8 Å². The van der Waals surface area contributed by atoms with Crippen LogP contribution in [0.25, 0.3) is 0 Å². The molecule has 0 aromatic carbocycles. The van der Waals surface area contributed by atoms with Gasteiger partial charge in [0, 0.05) is 37.6 Å². The lowest BCUT2D eigenvalue weighted by Crippen LogP contribution is -2.63. The molecule has 11 nitrogen and oxygen atoms in total. The number of allylic oxidation sites excluding steroid dienone is 1. The summed E-state index contributed by atoms with van der Waals surface area (Å²) in [5, 5.41) is 12.5. The molecule has 1 aliphatic carbocycles. The molecule has 1 spiro atoms. The summed E-state index contributed by atoms with van der Waals surface area (Å²) in [4.78, 5) is 36.5. The molecule has 5 fully saturated rings. The molecule has 0 radical (unpaired) electrons. The average molecular weight is 723 g/mol. The van der Waals surface area contributed by atoms with Crippen molar-refractivity contribution in [1.29, 1.82) is 0 Å². The third-order valence-electron chi connectivity index (χ3n) is 11.9. The molecule has 4 saturated heterocycles. The number of amides is 4. The lowest BCUT2D eigenvalue weighted by Gasteiger charge is -2.50. The van der Waals surface area contributed by atoms with E-state index < -0.39 is 11.0 Å². The van der Waals surface area contributed by atoms with Crippen LogP contribution in [-0.4, -0.2) is 97.4 Å². The van der Waals surface area contributed by atoms with Gasteiger partial charge < -0.3 is 40.2 Å². The van der Waals surface area contributed by atoms with E-state index in [0.29, 0.717) is 31.2 Å². The molecular weight excluding hydrogens is 657 g/mol. The molecule has 2 unspecified atom stereocenters. The van der Waals surface area contributed by atoms with Crippen molar-refractivity contribution in [3.05, 3.63) is 11.6 Å². The molecule has 50 heavy (non-hydrogen) atoms. The van der Waals surface area contributed by atoms with Gasteiger partial charge in [-0.1, -0.05) is 64.5 Å². The van der Waals surface area contributed by atoms with Gasteiger partial charge in [-0.3, -0.25) is 4.79 Å². The van der Waals surface area contributed by atoms with Gasteiger partial charge in [-0.2, -0.15) is 11.8 Å². The van der Waals surface area contributed by atoms with Gasteiger partial charge in [-0.25, -0.2) is 9.59 Å². The van der Waals surface area contributed by atoms with Crippen molar-refractivity contribution in [1.82, 2.24) is 21.3 Å². The number of hydrogen-bond acceptors (Lipinski definition) is 8. The summed E-state index contributed by atoms with van der Waals surface area (Å²) in [5.74, 6) is 1.12. The Morgan fingerprint density at radius 2 is 1.68 bits per heavy atom. The molecular formula is C38H66N4O7S. The van der Waals surface area contributed by atoms with E-state index in [4.69, 9.17) is 18.9 Å². The van der Waals surface area contributed by atoms with Crippen molar-refractivity contribution in [2.45, 2.75) is 172 Å². The monoisotopic (exact) mass is 722 g/mol. The second kappa shape index (κ2) is 18.1. The molecule has 9 atom stereocenters. The molecule has 0 aromatic heterocycles. The Labute approximate surface area is 305 Å². The highest BCUT2D eigenvalue weighted by Crippen LogP contribution is 2.67. The van der Waals surface area contributed by atoms with E-state index in [-0.39, 0.29) is 61.5 Å². The first-order chi connectivity index (χ1) is 23.5. The number of methoxy groups -OCH3 is 1. The predicted octanol–water partition coefficient (Wildman–Crippen LogP) is 6.39. The van der Waals surface area contributed by atoms with E-state index in [0.717, 1.165) is 89.3 Å². The van der Waals surface area contributed by atoms with Gasteiger partial charge in [0.25, 0.3) is 0 Å². The number of urea groups is 1. The molecule has 1 saturated carbocycles. The van der Waals surface area contributed by atoms with Crippen LogP contribution in [0.2, 0.25) is 0 Å². The van der Waals surface area contributed by atoms with Crippen LogP contribution in [0.5, 0.6) is 0 Å². The molecule has 286 valence electrons. The van der Waals surface area contributed by atoms with Crippen LogP contribution in [0.1, 0.15) is 125 Å². The minimum absolute atomic E-state index is 0. The molecule has 5 aliphatic rings. The van der Waals surface area contributed by atoms with Crippen LogP contribution >= 0.6 is 11.8 Å². The molecule has 4 aliphatic heterocycles. The number of carbonyl (C=O) groups is 3. The third-order valence-corrected chi connectivity index (χ3v) is 13.4. The SMILES string of the molecule is C.CO[C@@H]1C(OC(=O)NCCCCCCCCCNC(=O)CCCC[C@@H]2SC[C@@H]3NC(=O)N[C@@H]32)CC[C@]2(CO2)[C@@]1(C)C1(C)O[C@@H]1CC=C(C)C. The number of unbranched alkanes of at least 4 members (excludes halogenated alkanes) is 7. The quantitative estimate of drug-likeness (QED) is 0.0491. The Morgan fingerprint density at radius 1 is 1.00 bits per heavy atom. The Kier molecular flexibility index (Phi) is 14.8. The van der Waals surface area contributed by atoms with Crippen LogP contribution in [0.4, 0.5) is 9.59 Å². The van der Waals surface area contributed by atoms with E-state index in [2.05, 4.69) is 55.0 Å². The van der Waals surface area contributed by atoms with Crippen molar-refractivity contribution in [2.75, 3.05) is 32.6 Å². The molecule has 0 aromatic rings. The Hall–Kier alpha value is -2.02. The van der Waals surface area contributed by atoms with Gasteiger partial charge in [0.15, 0.2) is 0 Å². The van der Waals surface area contributed by atoms with Gasteiger partial charge in [-0.15, -0.1) is 0 Å². The summed E-state index contributed by atoms with van der Waals surface area (Å²) >= 11 is 1.93. The zero-order chi connectivity index (χ0) is 35.1. The molecule has 4 amide bonds. The number of thioether (sulfide) groups is 1. The van der Waals surface area contributed by atoms with Gasteiger partial charge in [-0.05, 0) is 65.7 Å². The fourth-order valence-electron chi connectivity index (χ4n) is 8.62. The number of carbonyl (C=O) groups excluding carboxylic acids is 3. The average Bonchev–Trinajstić information content (AvgIpc) is 3.91. The standard InChI is InChI=1S/C37H62N4O7S.CH4/c1-25(2)17-18-29-36(4,48-29)35(3)32(45-5)27(19-20-37(35)24-46-37)47-34(44)39-22-14-10-8-6-7-9-13-21-38-30(42)16-12-11-15-28-31-26(23-49-28)40-33(43)41-31;/h17,26-29,31-32H,6-16,18-24H2,1-5H3,(H,38,42)(H,39,44)(H2,40,41,43);1H4/t26-,27?,28-,29+,31-,32+,35+,36?,37-;/m0./s1. The van der Waals surface area contributed by atoms with Crippen LogP contribution in [0, 0.1) is 5.41 Å². The highest BCUT2D eigenvalue weighted by Gasteiger charge is 2.79. The predicted molar refractivity (Wildman–Crippen MR) is 198 cm³/mol. The highest BCUT2D eigenvalue weighted by molar-refractivity contribution is 8.00. The van der Waals surface area contributed by atoms with Crippen LogP contribution < -0.4 is 21.3 Å². The second-order valence-electron chi connectivity index (χ2n) is 15.5. The molecule has 0 bridgehead atoms. The minimum atomic E-state index is -0.432. The second-order valence-corrected chi connectivity index (χ2v) is 16.7. The van der Waals surface area contributed by atoms with E-state index in [9.17, 15) is 14.4 Å². The normalized spacial score (nSPS) is 34.9. The zero-order valence-corrected chi connectivity index (χ0v) is 31.4. The van der Waals surface area contributed by atoms with E-state index in [1.165, 1.54) is 5.57 Å². The van der Waals surface area contributed by atoms with Crippen molar-refractivity contribution in [3.8, 4) is 0 Å². The minimum Gasteiger partial charge on any atom is -0.443 e. The molecule has 12 heteroatoms. The third kappa shape index (κ3) is 9.50. The molecule has 4 heterocycles. The van der Waals surface area contributed by atoms with Crippen molar-refractivity contribution in [3.63, 3.8) is 0 Å². The number of rotatable bonds is 20. The maximum absolute atomic E-state index is 12.8. The largest absolute Gasteiger partial charge is 0.443 e.